The minimum absolute atomic E-state index is 0.955. The predicted molar refractivity (Wildman–Crippen MR) is 104 cm³/mol. The van der Waals surface area contributed by atoms with Gasteiger partial charge >= 0.3 is 0 Å². The zero-order valence-corrected chi connectivity index (χ0v) is 13.6. The first-order valence-electron chi connectivity index (χ1n) is 8.04. The fraction of sp³-hybridized carbons (Fsp3) is 0. The lowest BCUT2D eigenvalue weighted by molar-refractivity contribution is 0.672. The Morgan fingerprint density at radius 2 is 1.17 bits per heavy atom. The molecule has 24 heavy (non-hydrogen) atoms. The molecule has 0 saturated heterocycles. The minimum Gasteiger partial charge on any atom is -0.455 e. The molecule has 2 heterocycles. The van der Waals surface area contributed by atoms with Crippen LogP contribution in [0.1, 0.15) is 0 Å². The van der Waals surface area contributed by atoms with Crippen LogP contribution in [0.2, 0.25) is 0 Å². The number of hydrogen-bond donors (Lipinski definition) is 0. The Morgan fingerprint density at radius 1 is 0.542 bits per heavy atom. The fourth-order valence-corrected chi connectivity index (χ4v) is 5.00. The third-order valence-electron chi connectivity index (χ3n) is 4.88. The second-order valence-electron chi connectivity index (χ2n) is 6.18. The molecule has 0 spiro atoms. The van der Waals surface area contributed by atoms with E-state index in [9.17, 15) is 0 Å². The summed E-state index contributed by atoms with van der Waals surface area (Å²) < 4.78 is 8.87. The van der Waals surface area contributed by atoms with Gasteiger partial charge in [-0.25, -0.2) is 0 Å². The van der Waals surface area contributed by atoms with Crippen LogP contribution in [-0.2, 0) is 0 Å². The van der Waals surface area contributed by atoms with Crippen molar-refractivity contribution in [1.82, 2.24) is 0 Å². The van der Waals surface area contributed by atoms with Gasteiger partial charge < -0.3 is 4.42 Å². The van der Waals surface area contributed by atoms with E-state index in [1.807, 2.05) is 23.5 Å². The largest absolute Gasteiger partial charge is 0.455 e. The first-order valence-corrected chi connectivity index (χ1v) is 8.86. The van der Waals surface area contributed by atoms with Crippen molar-refractivity contribution in [3.8, 4) is 0 Å². The van der Waals surface area contributed by atoms with Crippen molar-refractivity contribution in [3.63, 3.8) is 0 Å². The molecule has 4 aromatic carbocycles. The average molecular weight is 324 g/mol. The summed E-state index contributed by atoms with van der Waals surface area (Å²) in [6.45, 7) is 0. The molecule has 6 aromatic rings. The zero-order chi connectivity index (χ0) is 15.7. The first kappa shape index (κ1) is 12.6. The van der Waals surface area contributed by atoms with Crippen molar-refractivity contribution in [2.75, 3.05) is 0 Å². The molecular weight excluding hydrogens is 312 g/mol. The van der Waals surface area contributed by atoms with Gasteiger partial charge in [-0.2, -0.15) is 0 Å². The van der Waals surface area contributed by atoms with Crippen molar-refractivity contribution in [3.05, 3.63) is 72.8 Å². The second kappa shape index (κ2) is 4.37. The molecule has 0 aliphatic heterocycles. The van der Waals surface area contributed by atoms with Gasteiger partial charge in [0.2, 0.25) is 0 Å². The molecule has 0 saturated carbocycles. The molecule has 112 valence electrons. The fourth-order valence-electron chi connectivity index (χ4n) is 3.77. The van der Waals surface area contributed by atoms with E-state index >= 15 is 0 Å². The normalized spacial score (nSPS) is 12.2. The third kappa shape index (κ3) is 1.49. The summed E-state index contributed by atoms with van der Waals surface area (Å²) in [7, 11) is 0. The molecule has 0 unspecified atom stereocenters. The summed E-state index contributed by atoms with van der Waals surface area (Å²) in [4.78, 5) is 0. The van der Waals surface area contributed by atoms with E-state index in [4.69, 9.17) is 4.42 Å². The Hall–Kier alpha value is -2.84. The molecule has 0 amide bonds. The van der Waals surface area contributed by atoms with Crippen LogP contribution in [0.4, 0.5) is 0 Å². The molecule has 0 aliphatic rings. The van der Waals surface area contributed by atoms with Gasteiger partial charge in [0.1, 0.15) is 11.2 Å². The highest BCUT2D eigenvalue weighted by Gasteiger charge is 2.13. The van der Waals surface area contributed by atoms with E-state index in [2.05, 4.69) is 60.7 Å². The number of para-hydroxylation sites is 1. The summed E-state index contributed by atoms with van der Waals surface area (Å²) in [5, 5.41) is 7.52. The van der Waals surface area contributed by atoms with Crippen LogP contribution in [0.15, 0.2) is 77.2 Å². The monoisotopic (exact) mass is 324 g/mol. The maximum atomic E-state index is 6.19. The molecule has 0 atom stereocenters. The van der Waals surface area contributed by atoms with Crippen molar-refractivity contribution >= 4 is 64.2 Å². The lowest BCUT2D eigenvalue weighted by atomic mass is 10.0. The lowest BCUT2D eigenvalue weighted by Gasteiger charge is -2.00. The van der Waals surface area contributed by atoms with Crippen LogP contribution in [0, 0.1) is 0 Å². The van der Waals surface area contributed by atoms with Gasteiger partial charge in [0.05, 0.1) is 0 Å². The van der Waals surface area contributed by atoms with Crippen molar-refractivity contribution in [1.29, 1.82) is 0 Å². The Morgan fingerprint density at radius 3 is 2.04 bits per heavy atom. The molecule has 0 fully saturated rings. The smallest absolute Gasteiger partial charge is 0.143 e. The van der Waals surface area contributed by atoms with Crippen molar-refractivity contribution < 1.29 is 4.42 Å². The summed E-state index contributed by atoms with van der Waals surface area (Å²) in [5.41, 5.74) is 1.95. The number of benzene rings is 4. The van der Waals surface area contributed by atoms with Gasteiger partial charge in [0, 0.05) is 41.7 Å². The van der Waals surface area contributed by atoms with E-state index < -0.39 is 0 Å². The van der Waals surface area contributed by atoms with Crippen LogP contribution in [0.5, 0.6) is 0 Å². The topological polar surface area (TPSA) is 13.1 Å². The molecule has 0 N–H and O–H groups in total. The molecule has 0 bridgehead atoms. The Balaban J connectivity index is 1.86. The van der Waals surface area contributed by atoms with Crippen molar-refractivity contribution in [2.24, 2.45) is 0 Å². The number of furan rings is 1. The molecule has 6 rings (SSSR count). The maximum Gasteiger partial charge on any atom is 0.143 e. The Kier molecular flexibility index (Phi) is 2.29. The lowest BCUT2D eigenvalue weighted by Crippen LogP contribution is -1.75. The highest BCUT2D eigenvalue weighted by atomic mass is 32.1. The number of fused-ring (bicyclic) bond motifs is 9. The SMILES string of the molecule is c1ccc2c(c1)oc1c2ccc2c1ccc1c3ccccc3sc12. The highest BCUT2D eigenvalue weighted by molar-refractivity contribution is 7.26. The molecule has 0 aliphatic carbocycles. The molecule has 2 heteroatoms. The van der Waals surface area contributed by atoms with Crippen LogP contribution in [-0.4, -0.2) is 0 Å². The summed E-state index contributed by atoms with van der Waals surface area (Å²) in [5.74, 6) is 0. The summed E-state index contributed by atoms with van der Waals surface area (Å²) in [6, 6.07) is 25.8. The van der Waals surface area contributed by atoms with Gasteiger partial charge in [-0.1, -0.05) is 48.5 Å². The minimum atomic E-state index is 0.955. The molecule has 2 aromatic heterocycles. The number of thiophene rings is 1. The predicted octanol–water partition coefficient (Wildman–Crippen LogP) is 7.11. The number of rotatable bonds is 0. The Bertz CT molecular complexity index is 1290. The van der Waals surface area contributed by atoms with Gasteiger partial charge in [0.15, 0.2) is 0 Å². The van der Waals surface area contributed by atoms with Crippen LogP contribution < -0.4 is 0 Å². The highest BCUT2D eigenvalue weighted by Crippen LogP contribution is 2.41. The van der Waals surface area contributed by atoms with Gasteiger partial charge in [-0.05, 0) is 24.3 Å². The van der Waals surface area contributed by atoms with E-state index in [1.54, 1.807) is 0 Å². The second-order valence-corrected chi connectivity index (χ2v) is 7.23. The maximum absolute atomic E-state index is 6.19. The molecule has 1 nitrogen and oxygen atoms in total. The number of hydrogen-bond acceptors (Lipinski definition) is 2. The Labute approximate surface area is 141 Å². The van der Waals surface area contributed by atoms with Gasteiger partial charge in [-0.15, -0.1) is 11.3 Å². The van der Waals surface area contributed by atoms with E-state index in [0.717, 1.165) is 11.2 Å². The van der Waals surface area contributed by atoms with Gasteiger partial charge in [-0.3, -0.25) is 0 Å². The average Bonchev–Trinajstić information content (AvgIpc) is 3.20. The van der Waals surface area contributed by atoms with Crippen LogP contribution in [0.25, 0.3) is 52.9 Å². The quantitative estimate of drug-likeness (QED) is 0.290. The molecule has 0 radical (unpaired) electrons. The van der Waals surface area contributed by atoms with E-state index in [0.29, 0.717) is 0 Å². The first-order chi connectivity index (χ1) is 11.9. The van der Waals surface area contributed by atoms with Crippen LogP contribution in [0.3, 0.4) is 0 Å². The summed E-state index contributed by atoms with van der Waals surface area (Å²) >= 11 is 1.86. The van der Waals surface area contributed by atoms with Gasteiger partial charge in [0.25, 0.3) is 0 Å². The van der Waals surface area contributed by atoms with E-state index in [-0.39, 0.29) is 0 Å². The molecular formula is C22H12OS. The van der Waals surface area contributed by atoms with Crippen LogP contribution >= 0.6 is 11.3 Å². The zero-order valence-electron chi connectivity index (χ0n) is 12.7. The summed E-state index contributed by atoms with van der Waals surface area (Å²) in [6.07, 6.45) is 0. The standard InChI is InChI=1S/C22H12OS/c1-3-7-19-13(5-1)15-9-12-18-16(21(15)23-19)10-11-17-14-6-2-4-8-20(14)24-22(17)18/h1-12H. The van der Waals surface area contributed by atoms with E-state index in [1.165, 1.54) is 41.7 Å². The third-order valence-corrected chi connectivity index (χ3v) is 6.10. The van der Waals surface area contributed by atoms with Crippen molar-refractivity contribution in [2.45, 2.75) is 0 Å².